The first kappa shape index (κ1) is 34.1. The second kappa shape index (κ2) is 16.5. The molecular weight excluding hydrogens is 602 g/mol. The number of methoxy groups -OCH3 is 2. The highest BCUT2D eigenvalue weighted by molar-refractivity contribution is 7.92. The summed E-state index contributed by atoms with van der Waals surface area (Å²) in [5.41, 5.74) is 1.89. The molecule has 0 aliphatic heterocycles. The molecule has 0 saturated carbocycles. The fourth-order valence-electron chi connectivity index (χ4n) is 5.07. The number of nitrogens with zero attached hydrogens (tertiary/aromatic N) is 2. The van der Waals surface area contributed by atoms with Gasteiger partial charge in [0.25, 0.3) is 10.0 Å². The van der Waals surface area contributed by atoms with Gasteiger partial charge in [0.05, 0.1) is 24.8 Å². The van der Waals surface area contributed by atoms with E-state index in [0.29, 0.717) is 18.0 Å². The second-order valence-electron chi connectivity index (χ2n) is 10.7. The van der Waals surface area contributed by atoms with Crippen molar-refractivity contribution < 1.29 is 27.5 Å². The third-order valence-corrected chi connectivity index (χ3v) is 9.35. The lowest BCUT2D eigenvalue weighted by Crippen LogP contribution is -2.53. The van der Waals surface area contributed by atoms with E-state index in [4.69, 9.17) is 9.47 Å². The molecule has 0 saturated heterocycles. The van der Waals surface area contributed by atoms with E-state index in [9.17, 15) is 18.0 Å². The first-order valence-electron chi connectivity index (χ1n) is 15.2. The summed E-state index contributed by atoms with van der Waals surface area (Å²) in [5, 5.41) is 3.00. The van der Waals surface area contributed by atoms with Gasteiger partial charge in [-0.1, -0.05) is 92.2 Å². The van der Waals surface area contributed by atoms with Crippen LogP contribution < -0.4 is 19.1 Å². The van der Waals surface area contributed by atoms with Crippen LogP contribution in [0.3, 0.4) is 0 Å². The van der Waals surface area contributed by atoms with Gasteiger partial charge in [0.15, 0.2) is 11.5 Å². The molecule has 0 aliphatic rings. The Morgan fingerprint density at radius 3 is 1.96 bits per heavy atom. The first-order chi connectivity index (χ1) is 22.3. The lowest BCUT2D eigenvalue weighted by Gasteiger charge is -2.34. The van der Waals surface area contributed by atoms with Gasteiger partial charge >= 0.3 is 0 Å². The summed E-state index contributed by atoms with van der Waals surface area (Å²) < 4.78 is 40.2. The van der Waals surface area contributed by atoms with Crippen LogP contribution in [0.2, 0.25) is 0 Å². The standard InChI is InChI=1S/C36H41N3O6S/c1-4-5-23-37-36(41)32(24-28-15-9-6-10-16-28)38(26-29-17-11-7-12-18-29)35(40)27-39(46(42,43)31-19-13-8-14-20-31)30-21-22-33(44-2)34(25-30)45-3/h6-22,25,32H,4-5,23-24,26-27H2,1-3H3,(H,37,41)/t32-/m0/s1. The summed E-state index contributed by atoms with van der Waals surface area (Å²) in [4.78, 5) is 29.9. The Balaban J connectivity index is 1.80. The van der Waals surface area contributed by atoms with Crippen molar-refractivity contribution in [3.8, 4) is 11.5 Å². The number of benzene rings is 4. The maximum absolute atomic E-state index is 14.5. The minimum atomic E-state index is -4.23. The van der Waals surface area contributed by atoms with Crippen molar-refractivity contribution in [2.24, 2.45) is 0 Å². The van der Waals surface area contributed by atoms with Crippen LogP contribution in [0.4, 0.5) is 5.69 Å². The van der Waals surface area contributed by atoms with Gasteiger partial charge in [0.1, 0.15) is 12.6 Å². The summed E-state index contributed by atoms with van der Waals surface area (Å²) in [7, 11) is -1.29. The third-order valence-electron chi connectivity index (χ3n) is 7.56. The zero-order valence-corrected chi connectivity index (χ0v) is 27.3. The fourth-order valence-corrected chi connectivity index (χ4v) is 6.50. The van der Waals surface area contributed by atoms with Crippen LogP contribution in [0.5, 0.6) is 11.5 Å². The molecule has 4 rings (SSSR count). The quantitative estimate of drug-likeness (QED) is 0.163. The van der Waals surface area contributed by atoms with E-state index in [1.165, 1.54) is 37.3 Å². The summed E-state index contributed by atoms with van der Waals surface area (Å²) in [5.74, 6) is -0.124. The van der Waals surface area contributed by atoms with E-state index in [1.807, 2.05) is 67.6 Å². The van der Waals surface area contributed by atoms with Crippen LogP contribution in [0.15, 0.2) is 114 Å². The minimum Gasteiger partial charge on any atom is -0.493 e. The van der Waals surface area contributed by atoms with Crippen molar-refractivity contribution in [2.75, 3.05) is 31.6 Å². The maximum atomic E-state index is 14.5. The second-order valence-corrected chi connectivity index (χ2v) is 12.6. The van der Waals surface area contributed by atoms with Gasteiger partial charge < -0.3 is 19.7 Å². The Morgan fingerprint density at radius 2 is 1.37 bits per heavy atom. The minimum absolute atomic E-state index is 0.0188. The van der Waals surface area contributed by atoms with Crippen LogP contribution in [-0.2, 0) is 32.6 Å². The molecule has 0 radical (unpaired) electrons. The average molecular weight is 644 g/mol. The van der Waals surface area contributed by atoms with E-state index >= 15 is 0 Å². The molecule has 0 unspecified atom stereocenters. The number of unbranched alkanes of at least 4 members (excludes halogenated alkanes) is 1. The molecule has 9 nitrogen and oxygen atoms in total. The van der Waals surface area contributed by atoms with Crippen LogP contribution >= 0.6 is 0 Å². The lowest BCUT2D eigenvalue weighted by molar-refractivity contribution is -0.140. The van der Waals surface area contributed by atoms with Gasteiger partial charge in [-0.15, -0.1) is 0 Å². The molecule has 242 valence electrons. The Kier molecular flexibility index (Phi) is 12.2. The SMILES string of the molecule is CCCCNC(=O)[C@H](Cc1ccccc1)N(Cc1ccccc1)C(=O)CN(c1ccc(OC)c(OC)c1)S(=O)(=O)c1ccccc1. The van der Waals surface area contributed by atoms with Crippen molar-refractivity contribution in [1.82, 2.24) is 10.2 Å². The first-order valence-corrected chi connectivity index (χ1v) is 16.7. The highest BCUT2D eigenvalue weighted by Gasteiger charge is 2.34. The summed E-state index contributed by atoms with van der Waals surface area (Å²) in [6, 6.07) is 30.5. The predicted octanol–water partition coefficient (Wildman–Crippen LogP) is 5.46. The summed E-state index contributed by atoms with van der Waals surface area (Å²) in [6.07, 6.45) is 1.94. The lowest BCUT2D eigenvalue weighted by atomic mass is 10.0. The van der Waals surface area contributed by atoms with Crippen LogP contribution in [0.1, 0.15) is 30.9 Å². The smallest absolute Gasteiger partial charge is 0.264 e. The van der Waals surface area contributed by atoms with Gasteiger partial charge in [-0.3, -0.25) is 13.9 Å². The monoisotopic (exact) mass is 643 g/mol. The number of hydrogen-bond acceptors (Lipinski definition) is 6. The zero-order chi connectivity index (χ0) is 32.9. The van der Waals surface area contributed by atoms with Gasteiger partial charge in [-0.25, -0.2) is 8.42 Å². The van der Waals surface area contributed by atoms with Crippen molar-refractivity contribution in [3.63, 3.8) is 0 Å². The van der Waals surface area contributed by atoms with Crippen LogP contribution in [-0.4, -0.2) is 58.5 Å². The molecular formula is C36H41N3O6S. The topological polar surface area (TPSA) is 105 Å². The average Bonchev–Trinajstić information content (AvgIpc) is 3.09. The largest absolute Gasteiger partial charge is 0.493 e. The van der Waals surface area contributed by atoms with Crippen molar-refractivity contribution >= 4 is 27.5 Å². The highest BCUT2D eigenvalue weighted by Crippen LogP contribution is 2.34. The molecule has 46 heavy (non-hydrogen) atoms. The Morgan fingerprint density at radius 1 is 0.783 bits per heavy atom. The van der Waals surface area contributed by atoms with E-state index in [1.54, 1.807) is 30.3 Å². The van der Waals surface area contributed by atoms with Crippen molar-refractivity contribution in [2.45, 2.75) is 43.7 Å². The Bertz CT molecular complexity index is 1670. The molecule has 10 heteroatoms. The molecule has 1 atom stereocenters. The van der Waals surface area contributed by atoms with E-state index in [2.05, 4.69) is 5.32 Å². The van der Waals surface area contributed by atoms with Crippen LogP contribution in [0, 0.1) is 0 Å². The number of rotatable bonds is 16. The molecule has 0 fully saturated rings. The van der Waals surface area contributed by atoms with Crippen LogP contribution in [0.25, 0.3) is 0 Å². The number of amides is 2. The molecule has 1 N–H and O–H groups in total. The van der Waals surface area contributed by atoms with Gasteiger partial charge in [0, 0.05) is 25.6 Å². The van der Waals surface area contributed by atoms with E-state index in [0.717, 1.165) is 28.3 Å². The summed E-state index contributed by atoms with van der Waals surface area (Å²) in [6.45, 7) is 2.04. The normalized spacial score (nSPS) is 11.7. The molecule has 0 aromatic heterocycles. The predicted molar refractivity (Wildman–Crippen MR) is 179 cm³/mol. The van der Waals surface area contributed by atoms with Gasteiger partial charge in [-0.2, -0.15) is 0 Å². The zero-order valence-electron chi connectivity index (χ0n) is 26.5. The number of anilines is 1. The Labute approximate surface area is 271 Å². The molecule has 4 aromatic rings. The number of carbonyl (C=O) groups is 2. The van der Waals surface area contributed by atoms with Crippen molar-refractivity contribution in [1.29, 1.82) is 0 Å². The molecule has 0 spiro atoms. The molecule has 2 amide bonds. The van der Waals surface area contributed by atoms with Crippen molar-refractivity contribution in [3.05, 3.63) is 120 Å². The summed E-state index contributed by atoms with van der Waals surface area (Å²) >= 11 is 0. The molecule has 0 heterocycles. The van der Waals surface area contributed by atoms with E-state index in [-0.39, 0.29) is 29.5 Å². The highest BCUT2D eigenvalue weighted by atomic mass is 32.2. The Hall–Kier alpha value is -4.83. The number of hydrogen-bond donors (Lipinski definition) is 1. The molecule has 0 bridgehead atoms. The number of sulfonamides is 1. The maximum Gasteiger partial charge on any atom is 0.264 e. The fraction of sp³-hybridized carbons (Fsp3) is 0.278. The molecule has 4 aromatic carbocycles. The number of carbonyl (C=O) groups excluding carboxylic acids is 2. The van der Waals surface area contributed by atoms with Gasteiger partial charge in [-0.05, 0) is 41.8 Å². The number of ether oxygens (including phenoxy) is 2. The van der Waals surface area contributed by atoms with E-state index < -0.39 is 28.5 Å². The number of nitrogens with one attached hydrogen (secondary N) is 1. The third kappa shape index (κ3) is 8.66. The van der Waals surface area contributed by atoms with Gasteiger partial charge in [0.2, 0.25) is 11.8 Å². The molecule has 0 aliphatic carbocycles.